The van der Waals surface area contributed by atoms with Crippen molar-refractivity contribution in [1.82, 2.24) is 16.0 Å². The van der Waals surface area contributed by atoms with Gasteiger partial charge in [0.2, 0.25) is 0 Å². The van der Waals surface area contributed by atoms with Gasteiger partial charge in [0.25, 0.3) is 5.91 Å². The Morgan fingerprint density at radius 1 is 1.13 bits per heavy atom. The lowest BCUT2D eigenvalue weighted by atomic mass is 10.1. The maximum absolute atomic E-state index is 12.6. The highest BCUT2D eigenvalue weighted by Crippen LogP contribution is 2.35. The van der Waals surface area contributed by atoms with E-state index in [1.165, 1.54) is 0 Å². The van der Waals surface area contributed by atoms with Crippen molar-refractivity contribution in [1.29, 1.82) is 0 Å². The predicted molar refractivity (Wildman–Crippen MR) is 120 cm³/mol. The molecule has 1 aliphatic rings. The Balaban J connectivity index is 1.58. The number of fused-ring (bicyclic) bond motifs is 1. The average molecular weight is 426 g/mol. The third kappa shape index (κ3) is 6.13. The Morgan fingerprint density at radius 2 is 1.87 bits per heavy atom. The van der Waals surface area contributed by atoms with E-state index < -0.39 is 0 Å². The molecule has 0 aliphatic carbocycles. The summed E-state index contributed by atoms with van der Waals surface area (Å²) in [5.74, 6) is 1.47. The van der Waals surface area contributed by atoms with Crippen LogP contribution in [0.1, 0.15) is 54.7 Å². The van der Waals surface area contributed by atoms with Crippen LogP contribution in [0.2, 0.25) is 0 Å². The van der Waals surface area contributed by atoms with Crippen LogP contribution < -0.4 is 25.4 Å². The number of carbonyl (C=O) groups is 2. The van der Waals surface area contributed by atoms with Crippen LogP contribution in [0.4, 0.5) is 4.79 Å². The highest BCUT2D eigenvalue weighted by Gasteiger charge is 2.22. The van der Waals surface area contributed by atoms with Gasteiger partial charge in [-0.1, -0.05) is 12.1 Å². The van der Waals surface area contributed by atoms with Gasteiger partial charge in [0.05, 0.1) is 6.61 Å². The molecule has 3 amide bonds. The predicted octanol–water partition coefficient (Wildman–Crippen LogP) is 3.55. The zero-order chi connectivity index (χ0) is 22.4. The molecule has 0 saturated heterocycles. The second kappa shape index (κ2) is 10.2. The number of carbonyl (C=O) groups excluding carboxylic acids is 2. The SMILES string of the molecule is CCOc1cc2c(cc1CNC(=O)c1ccc(CNC(=O)NC(C)C)cc1)O[C@@H](C)C2. The highest BCUT2D eigenvalue weighted by molar-refractivity contribution is 5.94. The van der Waals surface area contributed by atoms with E-state index in [1.54, 1.807) is 12.1 Å². The number of hydrogen-bond donors (Lipinski definition) is 3. The second-order valence-corrected chi connectivity index (χ2v) is 7.99. The Morgan fingerprint density at radius 3 is 2.55 bits per heavy atom. The molecular weight excluding hydrogens is 394 g/mol. The first-order chi connectivity index (χ1) is 14.9. The summed E-state index contributed by atoms with van der Waals surface area (Å²) in [5, 5.41) is 8.52. The van der Waals surface area contributed by atoms with Crippen LogP contribution >= 0.6 is 0 Å². The van der Waals surface area contributed by atoms with Crippen LogP contribution in [0.25, 0.3) is 0 Å². The van der Waals surface area contributed by atoms with Crippen molar-refractivity contribution in [2.45, 2.75) is 59.4 Å². The van der Waals surface area contributed by atoms with Gasteiger partial charge in [0.15, 0.2) is 0 Å². The average Bonchev–Trinajstić information content (AvgIpc) is 3.09. The summed E-state index contributed by atoms with van der Waals surface area (Å²) in [5.41, 5.74) is 3.50. The van der Waals surface area contributed by atoms with Crippen molar-refractivity contribution in [2.75, 3.05) is 6.61 Å². The summed E-state index contributed by atoms with van der Waals surface area (Å²) in [6.45, 7) is 9.08. The van der Waals surface area contributed by atoms with E-state index in [-0.39, 0.29) is 24.1 Å². The van der Waals surface area contributed by atoms with E-state index in [0.717, 1.165) is 34.6 Å². The van der Waals surface area contributed by atoms with Gasteiger partial charge in [-0.15, -0.1) is 0 Å². The van der Waals surface area contributed by atoms with E-state index >= 15 is 0 Å². The van der Waals surface area contributed by atoms with Gasteiger partial charge in [-0.05, 0) is 57.5 Å². The third-order valence-corrected chi connectivity index (χ3v) is 4.91. The van der Waals surface area contributed by atoms with Gasteiger partial charge in [-0.25, -0.2) is 4.79 Å². The molecule has 7 heteroatoms. The molecule has 0 saturated carbocycles. The molecule has 0 unspecified atom stereocenters. The normalized spacial score (nSPS) is 14.5. The number of benzene rings is 2. The summed E-state index contributed by atoms with van der Waals surface area (Å²) in [6.07, 6.45) is 1.02. The summed E-state index contributed by atoms with van der Waals surface area (Å²) in [4.78, 5) is 24.3. The molecule has 166 valence electrons. The number of rotatable bonds is 8. The minimum absolute atomic E-state index is 0.0787. The number of nitrogens with one attached hydrogen (secondary N) is 3. The molecule has 3 rings (SSSR count). The molecule has 7 nitrogen and oxygen atoms in total. The third-order valence-electron chi connectivity index (χ3n) is 4.91. The van der Waals surface area contributed by atoms with Crippen molar-refractivity contribution in [2.24, 2.45) is 0 Å². The molecule has 0 spiro atoms. The lowest BCUT2D eigenvalue weighted by Gasteiger charge is -2.14. The Labute approximate surface area is 183 Å². The van der Waals surface area contributed by atoms with Crippen molar-refractivity contribution >= 4 is 11.9 Å². The molecular formula is C24H31N3O4. The second-order valence-electron chi connectivity index (χ2n) is 7.99. The molecule has 3 N–H and O–H groups in total. The Kier molecular flexibility index (Phi) is 7.39. The number of urea groups is 1. The fourth-order valence-corrected chi connectivity index (χ4v) is 3.46. The molecule has 0 aromatic heterocycles. The van der Waals surface area contributed by atoms with Crippen LogP contribution in [0, 0.1) is 0 Å². The van der Waals surface area contributed by atoms with E-state index in [2.05, 4.69) is 16.0 Å². The molecule has 0 fully saturated rings. The first-order valence-electron chi connectivity index (χ1n) is 10.7. The molecule has 1 heterocycles. The molecule has 1 atom stereocenters. The summed E-state index contributed by atoms with van der Waals surface area (Å²) in [7, 11) is 0. The van der Waals surface area contributed by atoms with Crippen LogP contribution in [-0.4, -0.2) is 30.7 Å². The topological polar surface area (TPSA) is 88.7 Å². The zero-order valence-electron chi connectivity index (χ0n) is 18.6. The van der Waals surface area contributed by atoms with Gasteiger partial charge in [0, 0.05) is 42.2 Å². The van der Waals surface area contributed by atoms with E-state index in [4.69, 9.17) is 9.47 Å². The first kappa shape index (κ1) is 22.5. The van der Waals surface area contributed by atoms with Gasteiger partial charge < -0.3 is 25.4 Å². The van der Waals surface area contributed by atoms with Crippen LogP contribution in [0.3, 0.4) is 0 Å². The van der Waals surface area contributed by atoms with Crippen LogP contribution in [-0.2, 0) is 19.5 Å². The smallest absolute Gasteiger partial charge is 0.315 e. The molecule has 2 aromatic carbocycles. The van der Waals surface area contributed by atoms with E-state index in [9.17, 15) is 9.59 Å². The monoisotopic (exact) mass is 425 g/mol. The van der Waals surface area contributed by atoms with Crippen molar-refractivity contribution in [3.63, 3.8) is 0 Å². The summed E-state index contributed by atoms with van der Waals surface area (Å²) >= 11 is 0. The summed E-state index contributed by atoms with van der Waals surface area (Å²) in [6, 6.07) is 11.0. The largest absolute Gasteiger partial charge is 0.494 e. The van der Waals surface area contributed by atoms with E-state index in [0.29, 0.717) is 25.3 Å². The van der Waals surface area contributed by atoms with Crippen molar-refractivity contribution in [3.05, 3.63) is 58.7 Å². The minimum atomic E-state index is -0.213. The van der Waals surface area contributed by atoms with Gasteiger partial charge in [-0.3, -0.25) is 4.79 Å². The fraction of sp³-hybridized carbons (Fsp3) is 0.417. The van der Waals surface area contributed by atoms with Gasteiger partial charge in [0.1, 0.15) is 17.6 Å². The number of ether oxygens (including phenoxy) is 2. The standard InChI is InChI=1S/C24H31N3O4/c1-5-30-21-11-19-10-16(4)31-22(19)12-20(21)14-25-23(28)18-8-6-17(7-9-18)13-26-24(29)27-15(2)3/h6-9,11-12,15-16H,5,10,13-14H2,1-4H3,(H,25,28)(H2,26,27,29)/t16-/m0/s1. The van der Waals surface area contributed by atoms with Crippen molar-refractivity contribution in [3.8, 4) is 11.5 Å². The van der Waals surface area contributed by atoms with Crippen LogP contribution in [0.5, 0.6) is 11.5 Å². The quantitative estimate of drug-likeness (QED) is 0.604. The maximum Gasteiger partial charge on any atom is 0.315 e. The molecule has 0 radical (unpaired) electrons. The lowest BCUT2D eigenvalue weighted by Crippen LogP contribution is -2.39. The molecule has 31 heavy (non-hydrogen) atoms. The molecule has 0 bridgehead atoms. The zero-order valence-corrected chi connectivity index (χ0v) is 18.6. The lowest BCUT2D eigenvalue weighted by molar-refractivity contribution is 0.0950. The summed E-state index contributed by atoms with van der Waals surface area (Å²) < 4.78 is 11.6. The Hall–Kier alpha value is -3.22. The van der Waals surface area contributed by atoms with Gasteiger partial charge in [-0.2, -0.15) is 0 Å². The highest BCUT2D eigenvalue weighted by atomic mass is 16.5. The van der Waals surface area contributed by atoms with Gasteiger partial charge >= 0.3 is 6.03 Å². The Bertz CT molecular complexity index is 925. The number of amides is 3. The number of hydrogen-bond acceptors (Lipinski definition) is 4. The molecule has 1 aliphatic heterocycles. The maximum atomic E-state index is 12.6. The van der Waals surface area contributed by atoms with Crippen LogP contribution in [0.15, 0.2) is 36.4 Å². The first-order valence-corrected chi connectivity index (χ1v) is 10.7. The fourth-order valence-electron chi connectivity index (χ4n) is 3.46. The van der Waals surface area contributed by atoms with Crippen molar-refractivity contribution < 1.29 is 19.1 Å². The van der Waals surface area contributed by atoms with E-state index in [1.807, 2.05) is 52.0 Å². The molecule has 2 aromatic rings. The minimum Gasteiger partial charge on any atom is -0.494 e.